The van der Waals surface area contributed by atoms with Crippen molar-refractivity contribution in [2.45, 2.75) is 0 Å². The van der Waals surface area contributed by atoms with Gasteiger partial charge in [0.1, 0.15) is 11.3 Å². The van der Waals surface area contributed by atoms with Crippen LogP contribution in [0.15, 0.2) is 84.4 Å². The monoisotopic (exact) mass is 388 g/mol. The molecule has 0 bridgehead atoms. The summed E-state index contributed by atoms with van der Waals surface area (Å²) in [4.78, 5) is 25.4. The highest BCUT2D eigenvalue weighted by atomic mass is 32.1. The van der Waals surface area contributed by atoms with E-state index in [0.29, 0.717) is 16.1 Å². The van der Waals surface area contributed by atoms with Crippen LogP contribution >= 0.6 is 11.3 Å². The Balaban J connectivity index is 1.63. The SMILES string of the molecule is O=C(COC(=O)c1cn(-c2ccccc2)nc1-c1ccccc1)c1cccs1. The number of benzene rings is 2. The van der Waals surface area contributed by atoms with Crippen LogP contribution in [0.3, 0.4) is 0 Å². The summed E-state index contributed by atoms with van der Waals surface area (Å²) >= 11 is 1.32. The molecular weight excluding hydrogens is 372 g/mol. The van der Waals surface area contributed by atoms with Gasteiger partial charge in [-0.3, -0.25) is 4.79 Å². The third-order valence-corrected chi connectivity index (χ3v) is 5.04. The Morgan fingerprint density at radius 3 is 2.32 bits per heavy atom. The first-order valence-corrected chi connectivity index (χ1v) is 9.54. The van der Waals surface area contributed by atoms with Crippen LogP contribution in [0.5, 0.6) is 0 Å². The van der Waals surface area contributed by atoms with E-state index < -0.39 is 5.97 Å². The summed E-state index contributed by atoms with van der Waals surface area (Å²) in [6.45, 7) is -0.301. The second-order valence-electron chi connectivity index (χ2n) is 6.01. The fourth-order valence-electron chi connectivity index (χ4n) is 2.76. The lowest BCUT2D eigenvalue weighted by Gasteiger charge is -2.04. The molecule has 28 heavy (non-hydrogen) atoms. The molecular formula is C22H16N2O3S. The molecule has 2 aromatic heterocycles. The van der Waals surface area contributed by atoms with Crippen molar-refractivity contribution in [3.05, 3.63) is 94.8 Å². The number of hydrogen-bond acceptors (Lipinski definition) is 5. The van der Waals surface area contributed by atoms with E-state index in [1.54, 1.807) is 23.0 Å². The van der Waals surface area contributed by atoms with Gasteiger partial charge in [0.2, 0.25) is 5.78 Å². The maximum absolute atomic E-state index is 12.7. The summed E-state index contributed by atoms with van der Waals surface area (Å²) < 4.78 is 6.93. The molecule has 0 saturated heterocycles. The number of aromatic nitrogens is 2. The molecule has 0 unspecified atom stereocenters. The van der Waals surface area contributed by atoms with Crippen molar-refractivity contribution in [1.82, 2.24) is 9.78 Å². The van der Waals surface area contributed by atoms with E-state index in [9.17, 15) is 9.59 Å². The molecule has 0 radical (unpaired) electrons. The van der Waals surface area contributed by atoms with E-state index in [4.69, 9.17) is 4.74 Å². The fourth-order valence-corrected chi connectivity index (χ4v) is 3.41. The van der Waals surface area contributed by atoms with Crippen molar-refractivity contribution in [3.8, 4) is 16.9 Å². The van der Waals surface area contributed by atoms with Gasteiger partial charge in [-0.15, -0.1) is 11.3 Å². The van der Waals surface area contributed by atoms with Crippen LogP contribution in [0.4, 0.5) is 0 Å². The number of carbonyl (C=O) groups is 2. The van der Waals surface area contributed by atoms with Crippen LogP contribution < -0.4 is 0 Å². The minimum atomic E-state index is -0.578. The maximum atomic E-state index is 12.7. The minimum absolute atomic E-state index is 0.222. The minimum Gasteiger partial charge on any atom is -0.454 e. The Morgan fingerprint density at radius 1 is 0.929 bits per heavy atom. The molecule has 0 aliphatic carbocycles. The highest BCUT2D eigenvalue weighted by molar-refractivity contribution is 7.12. The quantitative estimate of drug-likeness (QED) is 0.357. The number of ether oxygens (including phenoxy) is 1. The van der Waals surface area contributed by atoms with Gasteiger partial charge in [0.05, 0.1) is 10.6 Å². The number of esters is 1. The fraction of sp³-hybridized carbons (Fsp3) is 0.0455. The molecule has 138 valence electrons. The Hall–Kier alpha value is -3.51. The summed E-state index contributed by atoms with van der Waals surface area (Å²) in [5, 5.41) is 6.39. The second-order valence-corrected chi connectivity index (χ2v) is 6.96. The van der Waals surface area contributed by atoms with Crippen LogP contribution in [-0.4, -0.2) is 28.1 Å². The largest absolute Gasteiger partial charge is 0.454 e. The lowest BCUT2D eigenvalue weighted by Crippen LogP contribution is -2.13. The molecule has 0 N–H and O–H groups in total. The summed E-state index contributed by atoms with van der Waals surface area (Å²) in [7, 11) is 0. The van der Waals surface area contributed by atoms with Crippen LogP contribution in [-0.2, 0) is 4.74 Å². The number of nitrogens with zero attached hydrogens (tertiary/aromatic N) is 2. The van der Waals surface area contributed by atoms with Gasteiger partial charge >= 0.3 is 5.97 Å². The Labute approximate surface area is 165 Å². The van der Waals surface area contributed by atoms with Crippen LogP contribution in [0.1, 0.15) is 20.0 Å². The summed E-state index contributed by atoms with van der Waals surface area (Å²) in [5.74, 6) is -0.800. The number of hydrogen-bond donors (Lipinski definition) is 0. The number of Topliss-reactive ketones (excluding diaryl/α,β-unsaturated/α-hetero) is 1. The van der Waals surface area contributed by atoms with E-state index in [-0.39, 0.29) is 12.4 Å². The third-order valence-electron chi connectivity index (χ3n) is 4.13. The van der Waals surface area contributed by atoms with Crippen molar-refractivity contribution >= 4 is 23.1 Å². The van der Waals surface area contributed by atoms with Crippen molar-refractivity contribution in [2.24, 2.45) is 0 Å². The zero-order chi connectivity index (χ0) is 19.3. The summed E-state index contributed by atoms with van der Waals surface area (Å²) in [5.41, 5.74) is 2.45. The van der Waals surface area contributed by atoms with Gasteiger partial charge in [-0.25, -0.2) is 9.48 Å². The third kappa shape index (κ3) is 3.77. The predicted molar refractivity (Wildman–Crippen MR) is 108 cm³/mol. The molecule has 0 saturated carbocycles. The predicted octanol–water partition coefficient (Wildman–Crippen LogP) is 4.64. The first-order chi connectivity index (χ1) is 13.7. The van der Waals surface area contributed by atoms with Gasteiger partial charge in [-0.2, -0.15) is 5.10 Å². The topological polar surface area (TPSA) is 61.2 Å². The lowest BCUT2D eigenvalue weighted by atomic mass is 10.1. The molecule has 0 fully saturated rings. The van der Waals surface area contributed by atoms with E-state index in [1.807, 2.05) is 66.0 Å². The molecule has 0 spiro atoms. The molecule has 4 aromatic rings. The van der Waals surface area contributed by atoms with Gasteiger partial charge < -0.3 is 4.74 Å². The first-order valence-electron chi connectivity index (χ1n) is 8.67. The summed E-state index contributed by atoms with van der Waals surface area (Å²) in [6.07, 6.45) is 1.63. The van der Waals surface area contributed by atoms with Crippen LogP contribution in [0.25, 0.3) is 16.9 Å². The number of ketones is 1. The number of para-hydroxylation sites is 1. The van der Waals surface area contributed by atoms with Crippen molar-refractivity contribution in [3.63, 3.8) is 0 Å². The maximum Gasteiger partial charge on any atom is 0.342 e. The highest BCUT2D eigenvalue weighted by Crippen LogP contribution is 2.24. The standard InChI is InChI=1S/C22H16N2O3S/c25-19(20-12-7-13-28-20)15-27-22(26)18-14-24(17-10-5-2-6-11-17)23-21(18)16-8-3-1-4-9-16/h1-14H,15H2. The first kappa shape index (κ1) is 17.9. The van der Waals surface area contributed by atoms with E-state index >= 15 is 0 Å². The number of carbonyl (C=O) groups excluding carboxylic acids is 2. The van der Waals surface area contributed by atoms with Crippen molar-refractivity contribution in [1.29, 1.82) is 0 Å². The van der Waals surface area contributed by atoms with Crippen molar-refractivity contribution < 1.29 is 14.3 Å². The molecule has 2 heterocycles. The zero-order valence-electron chi connectivity index (χ0n) is 14.8. The highest BCUT2D eigenvalue weighted by Gasteiger charge is 2.21. The molecule has 4 rings (SSSR count). The van der Waals surface area contributed by atoms with Crippen LogP contribution in [0.2, 0.25) is 0 Å². The average molecular weight is 388 g/mol. The number of thiophene rings is 1. The smallest absolute Gasteiger partial charge is 0.342 e. The van der Waals surface area contributed by atoms with Crippen molar-refractivity contribution in [2.75, 3.05) is 6.61 Å². The van der Waals surface area contributed by atoms with E-state index in [2.05, 4.69) is 5.10 Å². The Bertz CT molecular complexity index is 1090. The van der Waals surface area contributed by atoms with Gasteiger partial charge in [0.25, 0.3) is 0 Å². The van der Waals surface area contributed by atoms with Gasteiger partial charge in [0.15, 0.2) is 6.61 Å². The molecule has 0 aliphatic heterocycles. The molecule has 5 nitrogen and oxygen atoms in total. The Morgan fingerprint density at radius 2 is 1.64 bits per heavy atom. The van der Waals surface area contributed by atoms with E-state index in [0.717, 1.165) is 11.3 Å². The molecule has 0 amide bonds. The van der Waals surface area contributed by atoms with Gasteiger partial charge in [0, 0.05) is 11.8 Å². The van der Waals surface area contributed by atoms with Gasteiger partial charge in [-0.1, -0.05) is 54.6 Å². The summed E-state index contributed by atoms with van der Waals surface area (Å²) in [6, 6.07) is 22.4. The zero-order valence-corrected chi connectivity index (χ0v) is 15.6. The molecule has 0 aliphatic rings. The Kier molecular flexibility index (Phi) is 5.12. The molecule has 0 atom stereocenters. The molecule has 6 heteroatoms. The lowest BCUT2D eigenvalue weighted by molar-refractivity contribution is 0.0476. The molecule has 2 aromatic carbocycles. The van der Waals surface area contributed by atoms with Gasteiger partial charge in [-0.05, 0) is 23.6 Å². The second kappa shape index (κ2) is 8.02. The number of rotatable bonds is 6. The van der Waals surface area contributed by atoms with Crippen LogP contribution in [0, 0.1) is 0 Å². The normalized spacial score (nSPS) is 10.6. The average Bonchev–Trinajstić information content (AvgIpc) is 3.43. The van der Waals surface area contributed by atoms with E-state index in [1.165, 1.54) is 11.3 Å².